The quantitative estimate of drug-likeness (QED) is 0.821. The number of hydrogen-bond acceptors (Lipinski definition) is 4. The van der Waals surface area contributed by atoms with Crippen molar-refractivity contribution in [2.24, 2.45) is 0 Å². The second-order valence-electron chi connectivity index (χ2n) is 4.56. The Balaban J connectivity index is 1.84. The summed E-state index contributed by atoms with van der Waals surface area (Å²) in [4.78, 5) is 11.8. The Labute approximate surface area is 118 Å². The number of hydrogen-bond donors (Lipinski definition) is 2. The van der Waals surface area contributed by atoms with Crippen molar-refractivity contribution in [2.75, 3.05) is 11.9 Å². The van der Waals surface area contributed by atoms with Gasteiger partial charge in [-0.15, -0.1) is 0 Å². The minimum Gasteiger partial charge on any atom is -0.508 e. The molecule has 0 aliphatic rings. The van der Waals surface area contributed by atoms with Crippen molar-refractivity contribution in [3.05, 3.63) is 60.2 Å². The number of aromatic hydroxyl groups is 1. The first-order valence-electron chi connectivity index (χ1n) is 6.43. The number of nitrogens with one attached hydrogen (secondary N) is 1. The van der Waals surface area contributed by atoms with Crippen molar-refractivity contribution < 1.29 is 14.6 Å². The molecule has 0 amide bonds. The first kappa shape index (κ1) is 13.9. The Bertz CT molecular complexity index is 569. The van der Waals surface area contributed by atoms with E-state index >= 15 is 0 Å². The molecule has 0 heterocycles. The molecule has 2 aromatic rings. The van der Waals surface area contributed by atoms with Crippen LogP contribution < -0.4 is 5.32 Å². The van der Waals surface area contributed by atoms with Gasteiger partial charge in [0.2, 0.25) is 0 Å². The zero-order chi connectivity index (χ0) is 14.4. The fraction of sp³-hybridized carbons (Fsp3) is 0.188. The van der Waals surface area contributed by atoms with Crippen molar-refractivity contribution in [1.29, 1.82) is 0 Å². The predicted octanol–water partition coefficient (Wildman–Crippen LogP) is 3.05. The number of carbonyl (C=O) groups is 1. The largest absolute Gasteiger partial charge is 0.508 e. The molecular formula is C16H17NO3. The fourth-order valence-electron chi connectivity index (χ4n) is 1.78. The highest BCUT2D eigenvalue weighted by atomic mass is 16.5. The van der Waals surface area contributed by atoms with Crippen LogP contribution in [0.1, 0.15) is 17.3 Å². The molecule has 2 aromatic carbocycles. The molecule has 0 spiro atoms. The van der Waals surface area contributed by atoms with Crippen molar-refractivity contribution in [3.63, 3.8) is 0 Å². The lowest BCUT2D eigenvalue weighted by Crippen LogP contribution is -2.23. The highest BCUT2D eigenvalue weighted by Gasteiger charge is 2.10. The van der Waals surface area contributed by atoms with Gasteiger partial charge in [-0.05, 0) is 37.3 Å². The molecule has 2 N–H and O–H groups in total. The first-order chi connectivity index (χ1) is 9.65. The van der Waals surface area contributed by atoms with Crippen LogP contribution in [-0.2, 0) is 4.74 Å². The molecule has 0 radical (unpaired) electrons. The molecule has 20 heavy (non-hydrogen) atoms. The molecule has 0 fully saturated rings. The predicted molar refractivity (Wildman–Crippen MR) is 77.9 cm³/mol. The zero-order valence-electron chi connectivity index (χ0n) is 11.2. The van der Waals surface area contributed by atoms with E-state index in [4.69, 9.17) is 4.74 Å². The number of anilines is 1. The maximum atomic E-state index is 11.8. The van der Waals surface area contributed by atoms with Gasteiger partial charge < -0.3 is 15.2 Å². The molecule has 0 aliphatic carbocycles. The van der Waals surface area contributed by atoms with Gasteiger partial charge in [-0.2, -0.15) is 0 Å². The number of ether oxygens (including phenoxy) is 1. The molecule has 1 atom stereocenters. The van der Waals surface area contributed by atoms with Crippen molar-refractivity contribution >= 4 is 11.7 Å². The van der Waals surface area contributed by atoms with Crippen LogP contribution in [0, 0.1) is 0 Å². The van der Waals surface area contributed by atoms with Crippen LogP contribution in [0.3, 0.4) is 0 Å². The standard InChI is InChI=1S/C16H17NO3/c1-12(17-14-7-3-2-4-8-14)11-20-16(19)13-6-5-9-15(18)10-13/h2-10,12,17-18H,11H2,1H3. The minimum atomic E-state index is -0.442. The number of carbonyl (C=O) groups excluding carboxylic acids is 1. The summed E-state index contributed by atoms with van der Waals surface area (Å²) in [5.41, 5.74) is 1.32. The van der Waals surface area contributed by atoms with Crippen LogP contribution in [-0.4, -0.2) is 23.7 Å². The lowest BCUT2D eigenvalue weighted by molar-refractivity contribution is 0.0493. The van der Waals surface area contributed by atoms with Gasteiger partial charge >= 0.3 is 5.97 Å². The van der Waals surface area contributed by atoms with Crippen molar-refractivity contribution in [2.45, 2.75) is 13.0 Å². The normalized spacial score (nSPS) is 11.7. The molecule has 0 aromatic heterocycles. The first-order valence-corrected chi connectivity index (χ1v) is 6.43. The fourth-order valence-corrected chi connectivity index (χ4v) is 1.78. The van der Waals surface area contributed by atoms with E-state index in [1.165, 1.54) is 12.1 Å². The zero-order valence-corrected chi connectivity index (χ0v) is 11.2. The van der Waals surface area contributed by atoms with E-state index in [1.54, 1.807) is 12.1 Å². The lowest BCUT2D eigenvalue weighted by Gasteiger charge is -2.15. The molecule has 0 bridgehead atoms. The topological polar surface area (TPSA) is 58.6 Å². The molecule has 104 valence electrons. The lowest BCUT2D eigenvalue weighted by atomic mass is 10.2. The van der Waals surface area contributed by atoms with Crippen LogP contribution in [0.2, 0.25) is 0 Å². The number of benzene rings is 2. The smallest absolute Gasteiger partial charge is 0.338 e. The number of phenolic OH excluding ortho intramolecular Hbond substituents is 1. The van der Waals surface area contributed by atoms with E-state index in [0.29, 0.717) is 5.56 Å². The average Bonchev–Trinajstić information content (AvgIpc) is 2.46. The summed E-state index contributed by atoms with van der Waals surface area (Å²) in [6.07, 6.45) is 0. The van der Waals surface area contributed by atoms with Crippen LogP contribution in [0.25, 0.3) is 0 Å². The Morgan fingerprint density at radius 2 is 1.95 bits per heavy atom. The third kappa shape index (κ3) is 4.02. The Hall–Kier alpha value is -2.49. The second kappa shape index (κ2) is 6.61. The van der Waals surface area contributed by atoms with E-state index in [-0.39, 0.29) is 18.4 Å². The summed E-state index contributed by atoms with van der Waals surface area (Å²) >= 11 is 0. The monoisotopic (exact) mass is 271 g/mol. The van der Waals surface area contributed by atoms with Crippen LogP contribution in [0.15, 0.2) is 54.6 Å². The Morgan fingerprint density at radius 1 is 1.20 bits per heavy atom. The van der Waals surface area contributed by atoms with Crippen molar-refractivity contribution in [1.82, 2.24) is 0 Å². The third-order valence-electron chi connectivity index (χ3n) is 2.73. The molecular weight excluding hydrogens is 254 g/mol. The summed E-state index contributed by atoms with van der Waals surface area (Å²) in [5, 5.41) is 12.5. The molecule has 1 unspecified atom stereocenters. The summed E-state index contributed by atoms with van der Waals surface area (Å²) < 4.78 is 5.20. The van der Waals surface area contributed by atoms with E-state index in [0.717, 1.165) is 5.69 Å². The Kier molecular flexibility index (Phi) is 4.60. The van der Waals surface area contributed by atoms with Gasteiger partial charge in [0.05, 0.1) is 11.6 Å². The molecule has 0 saturated heterocycles. The number of para-hydroxylation sites is 1. The van der Waals surface area contributed by atoms with Crippen LogP contribution >= 0.6 is 0 Å². The third-order valence-corrected chi connectivity index (χ3v) is 2.73. The number of phenols is 1. The van der Waals surface area contributed by atoms with Gasteiger partial charge in [0, 0.05) is 5.69 Å². The van der Waals surface area contributed by atoms with E-state index in [1.807, 2.05) is 37.3 Å². The summed E-state index contributed by atoms with van der Waals surface area (Å²) in [7, 11) is 0. The maximum Gasteiger partial charge on any atom is 0.338 e. The maximum absolute atomic E-state index is 11.8. The van der Waals surface area contributed by atoms with Gasteiger partial charge in [0.1, 0.15) is 12.4 Å². The van der Waals surface area contributed by atoms with Crippen LogP contribution in [0.5, 0.6) is 5.75 Å². The number of rotatable bonds is 5. The molecule has 4 heteroatoms. The number of esters is 1. The highest BCUT2D eigenvalue weighted by molar-refractivity contribution is 5.89. The second-order valence-corrected chi connectivity index (χ2v) is 4.56. The summed E-state index contributed by atoms with van der Waals surface area (Å²) in [6.45, 7) is 2.19. The molecule has 0 aliphatic heterocycles. The molecule has 4 nitrogen and oxygen atoms in total. The minimum absolute atomic E-state index is 0.00124. The SMILES string of the molecule is CC(COC(=O)c1cccc(O)c1)Nc1ccccc1. The Morgan fingerprint density at radius 3 is 2.65 bits per heavy atom. The van der Waals surface area contributed by atoms with Gasteiger partial charge in [0.25, 0.3) is 0 Å². The van der Waals surface area contributed by atoms with E-state index in [2.05, 4.69) is 5.32 Å². The van der Waals surface area contributed by atoms with Gasteiger partial charge in [-0.3, -0.25) is 0 Å². The molecule has 0 saturated carbocycles. The van der Waals surface area contributed by atoms with Crippen LogP contribution in [0.4, 0.5) is 5.69 Å². The molecule has 2 rings (SSSR count). The van der Waals surface area contributed by atoms with E-state index < -0.39 is 5.97 Å². The van der Waals surface area contributed by atoms with Gasteiger partial charge in [-0.1, -0.05) is 24.3 Å². The summed E-state index contributed by atoms with van der Waals surface area (Å²) in [6, 6.07) is 15.8. The van der Waals surface area contributed by atoms with Crippen molar-refractivity contribution in [3.8, 4) is 5.75 Å². The van der Waals surface area contributed by atoms with E-state index in [9.17, 15) is 9.90 Å². The summed E-state index contributed by atoms with van der Waals surface area (Å²) in [5.74, 6) is -0.391. The highest BCUT2D eigenvalue weighted by Crippen LogP contribution is 2.12. The van der Waals surface area contributed by atoms with Gasteiger partial charge in [-0.25, -0.2) is 4.79 Å². The van der Waals surface area contributed by atoms with Gasteiger partial charge in [0.15, 0.2) is 0 Å². The average molecular weight is 271 g/mol.